The number of aromatic amines is 2. The second-order valence-electron chi connectivity index (χ2n) is 4.46. The Morgan fingerprint density at radius 3 is 3.05 bits per heavy atom. The van der Waals surface area contributed by atoms with E-state index in [-0.39, 0.29) is 17.2 Å². The minimum atomic E-state index is -0.285. The average molecular weight is 281 g/mol. The number of thioether (sulfide) groups is 1. The maximum Gasteiger partial charge on any atom is 0.277 e. The van der Waals surface area contributed by atoms with Gasteiger partial charge in [-0.2, -0.15) is 0 Å². The van der Waals surface area contributed by atoms with E-state index in [0.29, 0.717) is 28.8 Å². The number of hydrogen-bond donors (Lipinski definition) is 3. The number of imidazole rings is 1. The van der Waals surface area contributed by atoms with Gasteiger partial charge in [-0.3, -0.25) is 14.6 Å². The highest BCUT2D eigenvalue weighted by Gasteiger charge is 2.08. The van der Waals surface area contributed by atoms with Gasteiger partial charge in [0, 0.05) is 6.54 Å². The fourth-order valence-electron chi connectivity index (χ4n) is 1.39. The van der Waals surface area contributed by atoms with Crippen molar-refractivity contribution in [3.8, 4) is 0 Å². The molecule has 0 aliphatic carbocycles. The van der Waals surface area contributed by atoms with Gasteiger partial charge in [-0.05, 0) is 5.92 Å². The molecular weight excluding hydrogens is 266 g/mol. The lowest BCUT2D eigenvalue weighted by molar-refractivity contribution is -0.118. The Morgan fingerprint density at radius 2 is 2.32 bits per heavy atom. The molecule has 0 saturated carbocycles. The first-order chi connectivity index (χ1) is 9.06. The molecule has 0 bridgehead atoms. The van der Waals surface area contributed by atoms with Crippen LogP contribution < -0.4 is 10.9 Å². The Bertz CT molecular complexity index is 633. The van der Waals surface area contributed by atoms with Gasteiger partial charge in [0.05, 0.1) is 12.1 Å². The smallest absolute Gasteiger partial charge is 0.277 e. The lowest BCUT2D eigenvalue weighted by atomic mass is 10.2. The van der Waals surface area contributed by atoms with Crippen molar-refractivity contribution in [3.05, 3.63) is 16.7 Å². The van der Waals surface area contributed by atoms with Gasteiger partial charge in [-0.25, -0.2) is 9.97 Å². The van der Waals surface area contributed by atoms with Gasteiger partial charge in [0.25, 0.3) is 5.56 Å². The van der Waals surface area contributed by atoms with Crippen LogP contribution in [0.2, 0.25) is 0 Å². The molecule has 0 unspecified atom stereocenters. The monoisotopic (exact) mass is 281 g/mol. The van der Waals surface area contributed by atoms with Crippen LogP contribution in [0, 0.1) is 5.92 Å². The highest BCUT2D eigenvalue weighted by Crippen LogP contribution is 2.12. The third-order valence-electron chi connectivity index (χ3n) is 2.32. The summed E-state index contributed by atoms with van der Waals surface area (Å²) in [6.45, 7) is 4.69. The van der Waals surface area contributed by atoms with E-state index in [1.165, 1.54) is 18.1 Å². The van der Waals surface area contributed by atoms with Gasteiger partial charge in [0.1, 0.15) is 0 Å². The van der Waals surface area contributed by atoms with Crippen LogP contribution >= 0.6 is 11.8 Å². The number of carbonyl (C=O) groups excluding carboxylic acids is 1. The van der Waals surface area contributed by atoms with Crippen molar-refractivity contribution in [3.63, 3.8) is 0 Å². The van der Waals surface area contributed by atoms with Crippen molar-refractivity contribution in [2.24, 2.45) is 5.92 Å². The molecule has 0 radical (unpaired) electrons. The minimum absolute atomic E-state index is 0.0801. The lowest BCUT2D eigenvalue weighted by Gasteiger charge is -2.06. The van der Waals surface area contributed by atoms with Crippen LogP contribution in [0.1, 0.15) is 13.8 Å². The summed E-state index contributed by atoms with van der Waals surface area (Å²) in [5, 5.41) is 3.19. The van der Waals surface area contributed by atoms with Gasteiger partial charge in [-0.15, -0.1) is 0 Å². The second kappa shape index (κ2) is 5.87. The molecular formula is C11H15N5O2S. The SMILES string of the molecule is CC(C)CNC(=O)CSc1nc2nc[nH]c2c(=O)[nH]1. The van der Waals surface area contributed by atoms with Crippen LogP contribution in [0.3, 0.4) is 0 Å². The average Bonchev–Trinajstić information content (AvgIpc) is 2.82. The predicted molar refractivity (Wildman–Crippen MR) is 73.1 cm³/mol. The maximum atomic E-state index is 11.6. The van der Waals surface area contributed by atoms with Gasteiger partial charge in [0.2, 0.25) is 5.91 Å². The van der Waals surface area contributed by atoms with Crippen LogP contribution in [0.4, 0.5) is 0 Å². The molecule has 0 aliphatic rings. The van der Waals surface area contributed by atoms with E-state index in [1.807, 2.05) is 13.8 Å². The molecule has 2 aromatic heterocycles. The summed E-state index contributed by atoms with van der Waals surface area (Å²) in [6.07, 6.45) is 1.41. The highest BCUT2D eigenvalue weighted by molar-refractivity contribution is 7.99. The number of nitrogens with zero attached hydrogens (tertiary/aromatic N) is 2. The van der Waals surface area contributed by atoms with Crippen molar-refractivity contribution in [1.82, 2.24) is 25.3 Å². The molecule has 8 heteroatoms. The van der Waals surface area contributed by atoms with Gasteiger partial charge in [0.15, 0.2) is 16.3 Å². The number of carbonyl (C=O) groups is 1. The molecule has 0 fully saturated rings. The molecule has 2 rings (SSSR count). The van der Waals surface area contributed by atoms with Crippen molar-refractivity contribution >= 4 is 28.8 Å². The number of H-pyrrole nitrogens is 2. The molecule has 2 aromatic rings. The largest absolute Gasteiger partial charge is 0.355 e. The standard InChI is InChI=1S/C11H15N5O2S/c1-6(2)3-12-7(17)4-19-11-15-9-8(10(18)16-11)13-5-14-9/h5-6H,3-4H2,1-2H3,(H,12,17)(H2,13,14,15,16,18). The normalized spacial score (nSPS) is 11.1. The molecule has 19 heavy (non-hydrogen) atoms. The molecule has 0 aromatic carbocycles. The van der Waals surface area contributed by atoms with E-state index < -0.39 is 0 Å². The number of nitrogens with one attached hydrogen (secondary N) is 3. The number of amides is 1. The number of fused-ring (bicyclic) bond motifs is 1. The van der Waals surface area contributed by atoms with Crippen LogP contribution in [0.25, 0.3) is 11.2 Å². The second-order valence-corrected chi connectivity index (χ2v) is 5.42. The Balaban J connectivity index is 1.98. The van der Waals surface area contributed by atoms with Crippen molar-refractivity contribution in [2.75, 3.05) is 12.3 Å². The summed E-state index contributed by atoms with van der Waals surface area (Å²) in [5.74, 6) is 0.543. The van der Waals surface area contributed by atoms with Crippen molar-refractivity contribution in [2.45, 2.75) is 19.0 Å². The summed E-state index contributed by atoms with van der Waals surface area (Å²) < 4.78 is 0. The van der Waals surface area contributed by atoms with Gasteiger partial charge >= 0.3 is 0 Å². The zero-order chi connectivity index (χ0) is 13.8. The van der Waals surface area contributed by atoms with Gasteiger partial charge in [-0.1, -0.05) is 25.6 Å². The number of rotatable bonds is 5. The van der Waals surface area contributed by atoms with E-state index in [0.717, 1.165) is 0 Å². The van der Waals surface area contributed by atoms with Gasteiger partial charge < -0.3 is 10.3 Å². The summed E-state index contributed by atoms with van der Waals surface area (Å²) in [7, 11) is 0. The van der Waals surface area contributed by atoms with E-state index >= 15 is 0 Å². The Kier molecular flexibility index (Phi) is 4.20. The molecule has 0 saturated heterocycles. The lowest BCUT2D eigenvalue weighted by Crippen LogP contribution is -2.28. The van der Waals surface area contributed by atoms with E-state index in [9.17, 15) is 9.59 Å². The Morgan fingerprint density at radius 1 is 1.53 bits per heavy atom. The Hall–Kier alpha value is -1.83. The fraction of sp³-hybridized carbons (Fsp3) is 0.455. The fourth-order valence-corrected chi connectivity index (χ4v) is 2.08. The first-order valence-corrected chi connectivity index (χ1v) is 6.87. The third kappa shape index (κ3) is 3.57. The molecule has 1 amide bonds. The topological polar surface area (TPSA) is 104 Å². The summed E-state index contributed by atoms with van der Waals surface area (Å²) in [6, 6.07) is 0. The van der Waals surface area contributed by atoms with Crippen LogP contribution in [0.15, 0.2) is 16.3 Å². The van der Waals surface area contributed by atoms with Crippen LogP contribution in [0.5, 0.6) is 0 Å². The van der Waals surface area contributed by atoms with E-state index in [1.54, 1.807) is 0 Å². The van der Waals surface area contributed by atoms with Crippen LogP contribution in [-0.4, -0.2) is 38.1 Å². The highest BCUT2D eigenvalue weighted by atomic mass is 32.2. The molecule has 102 valence electrons. The molecule has 2 heterocycles. The van der Waals surface area contributed by atoms with Crippen molar-refractivity contribution in [1.29, 1.82) is 0 Å². The molecule has 7 nitrogen and oxygen atoms in total. The molecule has 0 atom stereocenters. The summed E-state index contributed by atoms with van der Waals surface area (Å²) >= 11 is 1.18. The summed E-state index contributed by atoms with van der Waals surface area (Å²) in [5.41, 5.74) is 0.412. The zero-order valence-electron chi connectivity index (χ0n) is 10.7. The predicted octanol–water partition coefficient (Wildman–Crippen LogP) is 0.510. The zero-order valence-corrected chi connectivity index (χ0v) is 11.5. The molecule has 0 aliphatic heterocycles. The summed E-state index contributed by atoms with van der Waals surface area (Å²) in [4.78, 5) is 36.6. The number of aromatic nitrogens is 4. The molecule has 0 spiro atoms. The van der Waals surface area contributed by atoms with Crippen LogP contribution in [-0.2, 0) is 4.79 Å². The first-order valence-electron chi connectivity index (χ1n) is 5.89. The Labute approximate surface area is 113 Å². The van der Waals surface area contributed by atoms with Crippen molar-refractivity contribution < 1.29 is 4.79 Å². The minimum Gasteiger partial charge on any atom is -0.355 e. The van der Waals surface area contributed by atoms with E-state index in [4.69, 9.17) is 0 Å². The quantitative estimate of drug-likeness (QED) is 0.547. The van der Waals surface area contributed by atoms with E-state index in [2.05, 4.69) is 25.3 Å². The number of hydrogen-bond acceptors (Lipinski definition) is 5. The first kappa shape index (κ1) is 13.6. The molecule has 3 N–H and O–H groups in total. The third-order valence-corrected chi connectivity index (χ3v) is 3.20. The maximum absolute atomic E-state index is 11.6.